The van der Waals surface area contributed by atoms with Gasteiger partial charge >= 0.3 is 0 Å². The van der Waals surface area contributed by atoms with E-state index in [4.69, 9.17) is 5.73 Å². The molecule has 0 aliphatic carbocycles. The molecule has 114 valence electrons. The summed E-state index contributed by atoms with van der Waals surface area (Å²) in [6, 6.07) is 5.17. The highest BCUT2D eigenvalue weighted by Crippen LogP contribution is 2.25. The van der Waals surface area contributed by atoms with Crippen molar-refractivity contribution in [3.8, 4) is 0 Å². The van der Waals surface area contributed by atoms with Crippen LogP contribution in [-0.2, 0) is 10.0 Å². The third kappa shape index (κ3) is 4.55. The van der Waals surface area contributed by atoms with Gasteiger partial charge < -0.3 is 5.73 Å². The lowest BCUT2D eigenvalue weighted by molar-refractivity contribution is 0.344. The van der Waals surface area contributed by atoms with Crippen LogP contribution in [0.25, 0.3) is 0 Å². The number of halogens is 1. The van der Waals surface area contributed by atoms with E-state index in [1.165, 1.54) is 0 Å². The Bertz CT molecular complexity index is 573. The molecule has 20 heavy (non-hydrogen) atoms. The summed E-state index contributed by atoms with van der Waals surface area (Å²) in [5.41, 5.74) is 6.12. The summed E-state index contributed by atoms with van der Waals surface area (Å²) < 4.78 is 28.4. The summed E-state index contributed by atoms with van der Waals surface area (Å²) in [5, 5.41) is 0. The zero-order valence-corrected chi connectivity index (χ0v) is 14.8. The van der Waals surface area contributed by atoms with Crippen LogP contribution in [0.15, 0.2) is 27.6 Å². The van der Waals surface area contributed by atoms with Crippen molar-refractivity contribution in [2.45, 2.75) is 44.6 Å². The molecule has 0 bridgehead atoms. The average Bonchev–Trinajstić information content (AvgIpc) is 2.26. The van der Waals surface area contributed by atoms with Gasteiger partial charge in [0.25, 0.3) is 0 Å². The maximum absolute atomic E-state index is 12.5. The molecule has 1 aromatic carbocycles. The van der Waals surface area contributed by atoms with Gasteiger partial charge in [-0.1, -0.05) is 19.9 Å². The van der Waals surface area contributed by atoms with Crippen LogP contribution in [-0.4, -0.2) is 20.5 Å². The molecule has 1 atom stereocenters. The Morgan fingerprint density at radius 1 is 1.40 bits per heavy atom. The lowest BCUT2D eigenvalue weighted by Gasteiger charge is -2.31. The average molecular weight is 363 g/mol. The third-order valence-corrected chi connectivity index (χ3v) is 5.68. The van der Waals surface area contributed by atoms with Crippen molar-refractivity contribution in [2.75, 3.05) is 6.54 Å². The molecular weight excluding hydrogens is 340 g/mol. The Labute approximate surface area is 130 Å². The predicted molar refractivity (Wildman–Crippen MR) is 86.1 cm³/mol. The van der Waals surface area contributed by atoms with Gasteiger partial charge in [0.05, 0.1) is 4.90 Å². The molecule has 0 saturated carbocycles. The van der Waals surface area contributed by atoms with Gasteiger partial charge in [0.2, 0.25) is 10.0 Å². The molecule has 0 heterocycles. The summed E-state index contributed by atoms with van der Waals surface area (Å²) in [4.78, 5) is 0.242. The van der Waals surface area contributed by atoms with Crippen molar-refractivity contribution >= 4 is 26.0 Å². The minimum absolute atomic E-state index is 0.242. The highest BCUT2D eigenvalue weighted by atomic mass is 79.9. The van der Waals surface area contributed by atoms with Crippen LogP contribution in [0.5, 0.6) is 0 Å². The van der Waals surface area contributed by atoms with Crippen molar-refractivity contribution < 1.29 is 8.42 Å². The molecule has 1 unspecified atom stereocenters. The minimum Gasteiger partial charge on any atom is -0.329 e. The van der Waals surface area contributed by atoms with Crippen LogP contribution in [0.2, 0.25) is 0 Å². The number of benzene rings is 1. The zero-order valence-electron chi connectivity index (χ0n) is 12.4. The van der Waals surface area contributed by atoms with Crippen LogP contribution in [0.4, 0.5) is 0 Å². The van der Waals surface area contributed by atoms with Gasteiger partial charge in [0.15, 0.2) is 0 Å². The molecule has 0 amide bonds. The van der Waals surface area contributed by atoms with E-state index in [0.29, 0.717) is 16.8 Å². The normalized spacial score (nSPS) is 15.3. The maximum Gasteiger partial charge on any atom is 0.242 e. The monoisotopic (exact) mass is 362 g/mol. The van der Waals surface area contributed by atoms with Crippen molar-refractivity contribution in [3.05, 3.63) is 28.2 Å². The van der Waals surface area contributed by atoms with Crippen molar-refractivity contribution in [1.29, 1.82) is 0 Å². The highest BCUT2D eigenvalue weighted by Gasteiger charge is 2.31. The first kappa shape index (κ1) is 17.6. The fourth-order valence-electron chi connectivity index (χ4n) is 2.27. The highest BCUT2D eigenvalue weighted by molar-refractivity contribution is 9.10. The van der Waals surface area contributed by atoms with Gasteiger partial charge in [-0.05, 0) is 59.8 Å². The molecule has 0 aliphatic heterocycles. The van der Waals surface area contributed by atoms with Crippen LogP contribution in [0.1, 0.15) is 32.8 Å². The predicted octanol–water partition coefficient (Wildman–Crippen LogP) is 2.80. The second-order valence-electron chi connectivity index (χ2n) is 5.90. The van der Waals surface area contributed by atoms with Gasteiger partial charge in [-0.25, -0.2) is 13.1 Å². The number of nitrogens with one attached hydrogen (secondary N) is 1. The number of aryl methyl sites for hydroxylation is 1. The summed E-state index contributed by atoms with van der Waals surface area (Å²) in [5.74, 6) is 0.354. The quantitative estimate of drug-likeness (QED) is 0.816. The Balaban J connectivity index is 3.10. The van der Waals surface area contributed by atoms with E-state index in [2.05, 4.69) is 20.7 Å². The van der Waals surface area contributed by atoms with Gasteiger partial charge in [0.1, 0.15) is 0 Å². The number of sulfonamides is 1. The molecule has 1 aromatic rings. The number of hydrogen-bond acceptors (Lipinski definition) is 3. The van der Waals surface area contributed by atoms with Crippen LogP contribution >= 0.6 is 15.9 Å². The molecule has 0 aromatic heterocycles. The minimum atomic E-state index is -3.60. The third-order valence-electron chi connectivity index (χ3n) is 3.07. The van der Waals surface area contributed by atoms with Crippen LogP contribution < -0.4 is 10.5 Å². The van der Waals surface area contributed by atoms with Gasteiger partial charge in [-0.2, -0.15) is 0 Å². The van der Waals surface area contributed by atoms with Gasteiger partial charge in [-0.3, -0.25) is 0 Å². The first-order chi connectivity index (χ1) is 9.09. The van der Waals surface area contributed by atoms with E-state index >= 15 is 0 Å². The molecule has 0 aliphatic rings. The molecule has 4 nitrogen and oxygen atoms in total. The Kier molecular flexibility index (Phi) is 5.78. The summed E-state index contributed by atoms with van der Waals surface area (Å²) >= 11 is 3.31. The topological polar surface area (TPSA) is 72.2 Å². The van der Waals surface area contributed by atoms with Crippen LogP contribution in [0, 0.1) is 12.8 Å². The standard InChI is InChI=1S/C14H23BrN2O2S/c1-10(2)8-14(4,9-16)17-20(18,19)13-6-5-11(3)7-12(13)15/h5-7,10,17H,8-9,16H2,1-4H3. The maximum atomic E-state index is 12.5. The molecule has 0 saturated heterocycles. The lowest BCUT2D eigenvalue weighted by atomic mass is 9.92. The first-order valence-electron chi connectivity index (χ1n) is 6.60. The van der Waals surface area contributed by atoms with E-state index in [1.807, 2.05) is 27.7 Å². The van der Waals surface area contributed by atoms with Gasteiger partial charge in [0, 0.05) is 16.6 Å². The van der Waals surface area contributed by atoms with Crippen molar-refractivity contribution in [2.24, 2.45) is 11.7 Å². The van der Waals surface area contributed by atoms with Crippen molar-refractivity contribution in [3.63, 3.8) is 0 Å². The lowest BCUT2D eigenvalue weighted by Crippen LogP contribution is -2.52. The second kappa shape index (κ2) is 6.56. The molecule has 0 spiro atoms. The first-order valence-corrected chi connectivity index (χ1v) is 8.87. The Morgan fingerprint density at radius 3 is 2.45 bits per heavy atom. The van der Waals surface area contributed by atoms with E-state index in [1.54, 1.807) is 18.2 Å². The number of rotatable bonds is 6. The van der Waals surface area contributed by atoms with E-state index in [-0.39, 0.29) is 11.4 Å². The van der Waals surface area contributed by atoms with Gasteiger partial charge in [-0.15, -0.1) is 0 Å². The zero-order chi connectivity index (χ0) is 15.6. The second-order valence-corrected chi connectivity index (χ2v) is 8.41. The Hall–Kier alpha value is -0.430. The molecule has 0 radical (unpaired) electrons. The molecule has 0 fully saturated rings. The van der Waals surface area contributed by atoms with E-state index in [9.17, 15) is 8.42 Å². The van der Waals surface area contributed by atoms with E-state index < -0.39 is 15.6 Å². The number of nitrogens with two attached hydrogens (primary N) is 1. The van der Waals surface area contributed by atoms with Crippen molar-refractivity contribution in [1.82, 2.24) is 4.72 Å². The molecule has 3 N–H and O–H groups in total. The fraction of sp³-hybridized carbons (Fsp3) is 0.571. The molecule has 6 heteroatoms. The summed E-state index contributed by atoms with van der Waals surface area (Å²) in [6.45, 7) is 8.10. The summed E-state index contributed by atoms with van der Waals surface area (Å²) in [7, 11) is -3.60. The van der Waals surface area contributed by atoms with E-state index in [0.717, 1.165) is 5.56 Å². The molecular formula is C14H23BrN2O2S. The molecule has 1 rings (SSSR count). The number of hydrogen-bond donors (Lipinski definition) is 2. The Morgan fingerprint density at radius 2 is 2.00 bits per heavy atom. The van der Waals surface area contributed by atoms with Crippen LogP contribution in [0.3, 0.4) is 0 Å². The largest absolute Gasteiger partial charge is 0.329 e. The SMILES string of the molecule is Cc1ccc(S(=O)(=O)NC(C)(CN)CC(C)C)c(Br)c1. The summed E-state index contributed by atoms with van der Waals surface area (Å²) in [6.07, 6.45) is 0.687. The smallest absolute Gasteiger partial charge is 0.242 e. The fourth-order valence-corrected chi connectivity index (χ4v) is 4.89.